The first-order valence-corrected chi connectivity index (χ1v) is 5.97. The molecule has 0 unspecified atom stereocenters. The number of rotatable bonds is 4. The summed E-state index contributed by atoms with van der Waals surface area (Å²) >= 11 is 3.19. The van der Waals surface area contributed by atoms with E-state index in [0.717, 1.165) is 16.5 Å². The summed E-state index contributed by atoms with van der Waals surface area (Å²) in [6.45, 7) is 0. The van der Waals surface area contributed by atoms with Gasteiger partial charge >= 0.3 is 5.97 Å². The zero-order valence-corrected chi connectivity index (χ0v) is 10.9. The third-order valence-corrected chi connectivity index (χ3v) is 3.30. The van der Waals surface area contributed by atoms with E-state index in [4.69, 9.17) is 5.11 Å². The molecule has 0 fully saturated rings. The minimum atomic E-state index is -0.838. The van der Waals surface area contributed by atoms with Crippen LogP contribution in [0, 0.1) is 0 Å². The van der Waals surface area contributed by atoms with Crippen LogP contribution < -0.4 is 0 Å². The molecule has 0 aliphatic rings. The molecule has 0 saturated heterocycles. The number of carbonyl (C=O) groups is 1. The molecule has 0 spiro atoms. The molecule has 2 aromatic rings. The Morgan fingerprint density at radius 2 is 2.24 bits per heavy atom. The van der Waals surface area contributed by atoms with Crippen molar-refractivity contribution in [1.29, 1.82) is 0 Å². The molecule has 4 nitrogen and oxygen atoms in total. The molecule has 5 heteroatoms. The number of aromatic nitrogens is 1. The predicted molar refractivity (Wildman–Crippen MR) is 70.1 cm³/mol. The number of benzene rings is 1. The second-order valence-corrected chi connectivity index (χ2v) is 5.06. The van der Waals surface area contributed by atoms with E-state index in [-0.39, 0.29) is 0 Å². The molecule has 1 aromatic carbocycles. The number of aromatic amines is 1. The second-order valence-electron chi connectivity index (χ2n) is 3.94. The van der Waals surface area contributed by atoms with Gasteiger partial charge in [0.25, 0.3) is 0 Å². The largest absolute Gasteiger partial charge is 0.480 e. The third kappa shape index (κ3) is 2.50. The summed E-state index contributed by atoms with van der Waals surface area (Å²) in [5.74, 6) is -0.838. The lowest BCUT2D eigenvalue weighted by molar-refractivity contribution is -0.140. The number of hydrogen-bond donors (Lipinski definition) is 2. The number of nitrogens with zero attached hydrogens (tertiary/aromatic N) is 1. The number of halogens is 1. The van der Waals surface area contributed by atoms with Gasteiger partial charge in [0.15, 0.2) is 0 Å². The second kappa shape index (κ2) is 4.89. The van der Waals surface area contributed by atoms with Crippen molar-refractivity contribution >= 4 is 33.0 Å². The molecule has 1 aromatic heterocycles. The van der Waals surface area contributed by atoms with Gasteiger partial charge < -0.3 is 10.1 Å². The minimum Gasteiger partial charge on any atom is -0.480 e. The van der Waals surface area contributed by atoms with E-state index in [1.807, 2.05) is 30.5 Å². The highest BCUT2D eigenvalue weighted by Gasteiger charge is 2.22. The van der Waals surface area contributed by atoms with Crippen LogP contribution in [-0.4, -0.2) is 33.1 Å². The smallest absolute Gasteiger partial charge is 0.322 e. The van der Waals surface area contributed by atoms with Crippen molar-refractivity contribution < 1.29 is 9.90 Å². The molecular formula is C12H13BrN2O2. The van der Waals surface area contributed by atoms with Gasteiger partial charge in [-0.2, -0.15) is 0 Å². The predicted octanol–water partition coefficient (Wildman–Crippen LogP) is 2.41. The molecule has 2 rings (SSSR count). The third-order valence-electron chi connectivity index (χ3n) is 2.80. The van der Waals surface area contributed by atoms with Gasteiger partial charge in [0.1, 0.15) is 6.04 Å². The Balaban J connectivity index is 2.31. The van der Waals surface area contributed by atoms with E-state index in [0.29, 0.717) is 6.42 Å². The van der Waals surface area contributed by atoms with Crippen molar-refractivity contribution in [2.45, 2.75) is 12.5 Å². The normalized spacial score (nSPS) is 13.1. The summed E-state index contributed by atoms with van der Waals surface area (Å²) in [6.07, 6.45) is 2.33. The summed E-state index contributed by atoms with van der Waals surface area (Å²) in [6, 6.07) is 7.30. The number of carboxylic acid groups (broad SMARTS) is 1. The van der Waals surface area contributed by atoms with Gasteiger partial charge in [0.05, 0.1) is 0 Å². The van der Waals surface area contributed by atoms with E-state index in [1.165, 1.54) is 3.93 Å². The van der Waals surface area contributed by atoms with E-state index >= 15 is 0 Å². The van der Waals surface area contributed by atoms with Crippen molar-refractivity contribution in [2.24, 2.45) is 0 Å². The monoisotopic (exact) mass is 296 g/mol. The van der Waals surface area contributed by atoms with Crippen LogP contribution in [0.3, 0.4) is 0 Å². The fourth-order valence-electron chi connectivity index (χ4n) is 1.87. The minimum absolute atomic E-state index is 0.459. The van der Waals surface area contributed by atoms with Crippen LogP contribution in [0.1, 0.15) is 5.56 Å². The quantitative estimate of drug-likeness (QED) is 0.852. The fraction of sp³-hybridized carbons (Fsp3) is 0.250. The zero-order chi connectivity index (χ0) is 12.4. The molecular weight excluding hydrogens is 284 g/mol. The number of aliphatic carboxylic acids is 1. The van der Waals surface area contributed by atoms with Crippen LogP contribution in [0.2, 0.25) is 0 Å². The van der Waals surface area contributed by atoms with Crippen molar-refractivity contribution in [3.63, 3.8) is 0 Å². The van der Waals surface area contributed by atoms with E-state index in [1.54, 1.807) is 7.05 Å². The lowest BCUT2D eigenvalue weighted by Crippen LogP contribution is -2.33. The number of fused-ring (bicyclic) bond motifs is 1. The maximum atomic E-state index is 11.1. The van der Waals surface area contributed by atoms with Crippen molar-refractivity contribution in [2.75, 3.05) is 7.05 Å². The number of hydrogen-bond acceptors (Lipinski definition) is 2. The standard InChI is InChI=1S/C12H13BrN2O2/c1-15(13)11(12(16)17)6-8-7-14-10-5-3-2-4-9(8)10/h2-5,7,11,14H,6H2,1H3,(H,16,17)/t11-/m0/s1. The molecule has 0 saturated carbocycles. The molecule has 1 atom stereocenters. The molecule has 0 radical (unpaired) electrons. The molecule has 0 aliphatic heterocycles. The van der Waals surface area contributed by atoms with E-state index in [2.05, 4.69) is 21.1 Å². The van der Waals surface area contributed by atoms with E-state index < -0.39 is 12.0 Å². The first-order chi connectivity index (χ1) is 8.09. The summed E-state index contributed by atoms with van der Waals surface area (Å²) in [7, 11) is 1.70. The highest BCUT2D eigenvalue weighted by molar-refractivity contribution is 9.07. The summed E-state index contributed by atoms with van der Waals surface area (Å²) in [5.41, 5.74) is 2.04. The number of para-hydroxylation sites is 1. The Morgan fingerprint density at radius 1 is 1.53 bits per heavy atom. The maximum Gasteiger partial charge on any atom is 0.322 e. The van der Waals surface area contributed by atoms with Crippen LogP contribution >= 0.6 is 16.1 Å². The van der Waals surface area contributed by atoms with Crippen molar-refractivity contribution in [3.8, 4) is 0 Å². The summed E-state index contributed by atoms with van der Waals surface area (Å²) in [4.78, 5) is 14.3. The van der Waals surface area contributed by atoms with Gasteiger partial charge in [-0.15, -0.1) is 0 Å². The lowest BCUT2D eigenvalue weighted by atomic mass is 10.1. The van der Waals surface area contributed by atoms with Crippen molar-refractivity contribution in [3.05, 3.63) is 36.0 Å². The number of likely N-dealkylation sites (N-methyl/N-ethyl adjacent to an activating group) is 1. The van der Waals surface area contributed by atoms with Gasteiger partial charge in [0.2, 0.25) is 0 Å². The first kappa shape index (κ1) is 12.1. The van der Waals surface area contributed by atoms with Gasteiger partial charge in [-0.3, -0.25) is 4.79 Å². The van der Waals surface area contributed by atoms with Gasteiger partial charge in [-0.1, -0.05) is 18.2 Å². The molecule has 0 amide bonds. The molecule has 0 aliphatic carbocycles. The van der Waals surface area contributed by atoms with Crippen LogP contribution in [-0.2, 0) is 11.2 Å². The average Bonchev–Trinajstić information content (AvgIpc) is 2.68. The molecule has 1 heterocycles. The molecule has 0 bridgehead atoms. The van der Waals surface area contributed by atoms with Crippen LogP contribution in [0.15, 0.2) is 30.5 Å². The number of H-pyrrole nitrogens is 1. The fourth-order valence-corrected chi connectivity index (χ4v) is 2.19. The van der Waals surface area contributed by atoms with Crippen LogP contribution in [0.5, 0.6) is 0 Å². The summed E-state index contributed by atoms with van der Waals surface area (Å²) < 4.78 is 1.54. The number of carboxylic acids is 1. The number of nitrogens with one attached hydrogen (secondary N) is 1. The van der Waals surface area contributed by atoms with Crippen LogP contribution in [0.4, 0.5) is 0 Å². The highest BCUT2D eigenvalue weighted by Crippen LogP contribution is 2.21. The Morgan fingerprint density at radius 3 is 2.88 bits per heavy atom. The highest BCUT2D eigenvalue weighted by atomic mass is 79.9. The van der Waals surface area contributed by atoms with Crippen molar-refractivity contribution in [1.82, 2.24) is 8.91 Å². The average molecular weight is 297 g/mol. The zero-order valence-electron chi connectivity index (χ0n) is 9.35. The van der Waals surface area contributed by atoms with E-state index in [9.17, 15) is 4.79 Å². The Hall–Kier alpha value is -1.33. The molecule has 17 heavy (non-hydrogen) atoms. The Kier molecular flexibility index (Phi) is 3.49. The first-order valence-electron chi connectivity index (χ1n) is 5.26. The Bertz CT molecular complexity index is 536. The molecule has 90 valence electrons. The summed E-state index contributed by atoms with van der Waals surface area (Å²) in [5, 5.41) is 10.2. The van der Waals surface area contributed by atoms with Gasteiger partial charge in [-0.05, 0) is 18.7 Å². The van der Waals surface area contributed by atoms with Gasteiger partial charge in [0, 0.05) is 39.7 Å². The maximum absolute atomic E-state index is 11.1. The topological polar surface area (TPSA) is 56.3 Å². The molecule has 2 N–H and O–H groups in total. The van der Waals surface area contributed by atoms with Gasteiger partial charge in [-0.25, -0.2) is 3.93 Å². The lowest BCUT2D eigenvalue weighted by Gasteiger charge is -2.17. The Labute approximate surface area is 108 Å². The SMILES string of the molecule is CN(Br)[C@@H](Cc1c[nH]c2ccccc12)C(=O)O. The van der Waals surface area contributed by atoms with Crippen LogP contribution in [0.25, 0.3) is 10.9 Å².